The summed E-state index contributed by atoms with van der Waals surface area (Å²) < 4.78 is 4.89. The SMILES string of the molecule is COc1ccc(CC(CN)C(=O)O)cc1O.Cl. The Labute approximate surface area is 106 Å². The Morgan fingerprint density at radius 1 is 1.53 bits per heavy atom. The number of methoxy groups -OCH3 is 1. The second kappa shape index (κ2) is 6.98. The predicted octanol–water partition coefficient (Wildman–Crippen LogP) is 1.02. The Morgan fingerprint density at radius 2 is 2.18 bits per heavy atom. The summed E-state index contributed by atoms with van der Waals surface area (Å²) in [5, 5.41) is 18.3. The second-order valence-corrected chi connectivity index (χ2v) is 3.48. The number of benzene rings is 1. The minimum Gasteiger partial charge on any atom is -0.504 e. The number of carboxylic acid groups (broad SMARTS) is 1. The summed E-state index contributed by atoms with van der Waals surface area (Å²) >= 11 is 0. The van der Waals surface area contributed by atoms with Gasteiger partial charge in [-0.15, -0.1) is 12.4 Å². The Kier molecular flexibility index (Phi) is 6.38. The molecule has 96 valence electrons. The number of carboxylic acids is 1. The minimum atomic E-state index is -0.933. The summed E-state index contributed by atoms with van der Waals surface area (Å²) in [5.41, 5.74) is 6.07. The van der Waals surface area contributed by atoms with Crippen molar-refractivity contribution in [1.82, 2.24) is 0 Å². The van der Waals surface area contributed by atoms with Crippen LogP contribution in [-0.4, -0.2) is 29.8 Å². The average molecular weight is 262 g/mol. The van der Waals surface area contributed by atoms with Crippen molar-refractivity contribution in [3.63, 3.8) is 0 Å². The summed E-state index contributed by atoms with van der Waals surface area (Å²) in [4.78, 5) is 10.8. The van der Waals surface area contributed by atoms with Crippen LogP contribution < -0.4 is 10.5 Å². The third-order valence-electron chi connectivity index (χ3n) is 2.36. The highest BCUT2D eigenvalue weighted by molar-refractivity contribution is 5.85. The molecule has 0 saturated carbocycles. The molecule has 0 bridgehead atoms. The molecule has 0 radical (unpaired) electrons. The van der Waals surface area contributed by atoms with Crippen LogP contribution >= 0.6 is 12.4 Å². The number of hydrogen-bond acceptors (Lipinski definition) is 4. The molecule has 0 spiro atoms. The molecule has 6 heteroatoms. The van der Waals surface area contributed by atoms with E-state index in [9.17, 15) is 9.90 Å². The van der Waals surface area contributed by atoms with E-state index in [1.54, 1.807) is 12.1 Å². The van der Waals surface area contributed by atoms with Crippen molar-refractivity contribution < 1.29 is 19.7 Å². The molecule has 0 saturated heterocycles. The number of phenols is 1. The first-order valence-electron chi connectivity index (χ1n) is 4.87. The topological polar surface area (TPSA) is 92.8 Å². The second-order valence-electron chi connectivity index (χ2n) is 3.48. The molecule has 0 aliphatic heterocycles. The average Bonchev–Trinajstić information content (AvgIpc) is 2.25. The highest BCUT2D eigenvalue weighted by Gasteiger charge is 2.16. The van der Waals surface area contributed by atoms with Crippen molar-refractivity contribution in [3.8, 4) is 11.5 Å². The van der Waals surface area contributed by atoms with Crippen LogP contribution in [0, 0.1) is 5.92 Å². The van der Waals surface area contributed by atoms with Gasteiger partial charge in [0.25, 0.3) is 0 Å². The van der Waals surface area contributed by atoms with E-state index in [1.165, 1.54) is 13.2 Å². The van der Waals surface area contributed by atoms with E-state index < -0.39 is 11.9 Å². The molecule has 1 rings (SSSR count). The minimum absolute atomic E-state index is 0. The van der Waals surface area contributed by atoms with E-state index in [0.29, 0.717) is 12.2 Å². The molecule has 0 aromatic heterocycles. The van der Waals surface area contributed by atoms with Gasteiger partial charge in [0.15, 0.2) is 11.5 Å². The van der Waals surface area contributed by atoms with Gasteiger partial charge < -0.3 is 20.7 Å². The molecule has 5 nitrogen and oxygen atoms in total. The third-order valence-corrected chi connectivity index (χ3v) is 2.36. The zero-order valence-corrected chi connectivity index (χ0v) is 10.2. The Hall–Kier alpha value is -1.46. The first-order chi connectivity index (χ1) is 7.58. The Morgan fingerprint density at radius 3 is 2.59 bits per heavy atom. The van der Waals surface area contributed by atoms with Crippen molar-refractivity contribution in [1.29, 1.82) is 0 Å². The zero-order valence-electron chi connectivity index (χ0n) is 9.42. The number of halogens is 1. The molecule has 1 atom stereocenters. The third kappa shape index (κ3) is 4.13. The van der Waals surface area contributed by atoms with Crippen LogP contribution in [0.5, 0.6) is 11.5 Å². The van der Waals surface area contributed by atoms with Crippen LogP contribution in [0.25, 0.3) is 0 Å². The van der Waals surface area contributed by atoms with Crippen molar-refractivity contribution in [3.05, 3.63) is 23.8 Å². The van der Waals surface area contributed by atoms with E-state index in [1.807, 2.05) is 0 Å². The fraction of sp³-hybridized carbons (Fsp3) is 0.364. The first kappa shape index (κ1) is 15.5. The first-order valence-corrected chi connectivity index (χ1v) is 4.87. The lowest BCUT2D eigenvalue weighted by Crippen LogP contribution is -2.25. The number of aromatic hydroxyl groups is 1. The summed E-state index contributed by atoms with van der Waals surface area (Å²) in [7, 11) is 1.45. The largest absolute Gasteiger partial charge is 0.504 e. The molecule has 17 heavy (non-hydrogen) atoms. The van der Waals surface area contributed by atoms with Gasteiger partial charge in [-0.2, -0.15) is 0 Å². The number of hydrogen-bond donors (Lipinski definition) is 3. The lowest BCUT2D eigenvalue weighted by molar-refractivity contribution is -0.141. The lowest BCUT2D eigenvalue weighted by atomic mass is 9.99. The molecular weight excluding hydrogens is 246 g/mol. The van der Waals surface area contributed by atoms with Gasteiger partial charge in [0.2, 0.25) is 0 Å². The smallest absolute Gasteiger partial charge is 0.308 e. The maximum Gasteiger partial charge on any atom is 0.308 e. The lowest BCUT2D eigenvalue weighted by Gasteiger charge is -2.10. The molecule has 1 aromatic rings. The van der Waals surface area contributed by atoms with E-state index in [0.717, 1.165) is 5.56 Å². The molecule has 1 aromatic carbocycles. The van der Waals surface area contributed by atoms with Gasteiger partial charge in [0.05, 0.1) is 13.0 Å². The van der Waals surface area contributed by atoms with Crippen molar-refractivity contribution in [2.45, 2.75) is 6.42 Å². The van der Waals surface area contributed by atoms with Gasteiger partial charge in [-0.25, -0.2) is 0 Å². The van der Waals surface area contributed by atoms with Crippen molar-refractivity contribution >= 4 is 18.4 Å². The molecule has 0 aliphatic carbocycles. The van der Waals surface area contributed by atoms with Gasteiger partial charge in [0, 0.05) is 6.54 Å². The van der Waals surface area contributed by atoms with E-state index >= 15 is 0 Å². The predicted molar refractivity (Wildman–Crippen MR) is 65.8 cm³/mol. The number of phenolic OH excluding ortho intramolecular Hbond substituents is 1. The van der Waals surface area contributed by atoms with Crippen LogP contribution in [0.4, 0.5) is 0 Å². The van der Waals surface area contributed by atoms with Crippen LogP contribution in [0.1, 0.15) is 5.56 Å². The molecule has 1 unspecified atom stereocenters. The van der Waals surface area contributed by atoms with Crippen LogP contribution in [0.15, 0.2) is 18.2 Å². The van der Waals surface area contributed by atoms with Gasteiger partial charge in [-0.1, -0.05) is 6.07 Å². The van der Waals surface area contributed by atoms with Crippen LogP contribution in [-0.2, 0) is 11.2 Å². The number of nitrogens with two attached hydrogens (primary N) is 1. The van der Waals surface area contributed by atoms with E-state index in [-0.39, 0.29) is 24.7 Å². The van der Waals surface area contributed by atoms with Crippen LogP contribution in [0.2, 0.25) is 0 Å². The number of carbonyl (C=O) groups is 1. The maximum absolute atomic E-state index is 10.8. The van der Waals surface area contributed by atoms with Gasteiger partial charge >= 0.3 is 5.97 Å². The van der Waals surface area contributed by atoms with Crippen molar-refractivity contribution in [2.24, 2.45) is 11.7 Å². The Balaban J connectivity index is 0.00000256. The summed E-state index contributed by atoms with van der Waals surface area (Å²) in [5.74, 6) is -1.20. The molecule has 0 aliphatic rings. The number of rotatable bonds is 5. The summed E-state index contributed by atoms with van der Waals surface area (Å²) in [6, 6.07) is 4.80. The highest BCUT2D eigenvalue weighted by Crippen LogP contribution is 2.27. The van der Waals surface area contributed by atoms with Crippen LogP contribution in [0.3, 0.4) is 0 Å². The van der Waals surface area contributed by atoms with Gasteiger partial charge in [0.1, 0.15) is 0 Å². The quantitative estimate of drug-likeness (QED) is 0.736. The van der Waals surface area contributed by atoms with E-state index in [2.05, 4.69) is 0 Å². The fourth-order valence-electron chi connectivity index (χ4n) is 1.42. The molecule has 0 amide bonds. The fourth-order valence-corrected chi connectivity index (χ4v) is 1.42. The summed E-state index contributed by atoms with van der Waals surface area (Å²) in [6.07, 6.45) is 0.295. The van der Waals surface area contributed by atoms with Crippen molar-refractivity contribution in [2.75, 3.05) is 13.7 Å². The molecule has 4 N–H and O–H groups in total. The Bertz CT molecular complexity index is 384. The molecule has 0 heterocycles. The van der Waals surface area contributed by atoms with Gasteiger partial charge in [-0.05, 0) is 24.1 Å². The molecule has 0 fully saturated rings. The summed E-state index contributed by atoms with van der Waals surface area (Å²) in [6.45, 7) is 0.0716. The normalized spacial score (nSPS) is 11.4. The monoisotopic (exact) mass is 261 g/mol. The number of ether oxygens (including phenoxy) is 1. The van der Waals surface area contributed by atoms with Gasteiger partial charge in [-0.3, -0.25) is 4.79 Å². The standard InChI is InChI=1S/C11H15NO4.ClH/c1-16-10-3-2-7(5-9(10)13)4-8(6-12)11(14)15;/h2-3,5,8,13H,4,6,12H2,1H3,(H,14,15);1H. The number of aliphatic carboxylic acids is 1. The highest BCUT2D eigenvalue weighted by atomic mass is 35.5. The maximum atomic E-state index is 10.8. The molecular formula is C11H16ClNO4. The van der Waals surface area contributed by atoms with E-state index in [4.69, 9.17) is 15.6 Å². The zero-order chi connectivity index (χ0) is 12.1.